The molecule has 3 aromatic carbocycles. The zero-order chi connectivity index (χ0) is 22.8. The molecule has 0 aliphatic heterocycles. The van der Waals surface area contributed by atoms with Gasteiger partial charge in [-0.15, -0.1) is 0 Å². The molecule has 0 unspecified atom stereocenters. The van der Waals surface area contributed by atoms with Gasteiger partial charge in [0.15, 0.2) is 0 Å². The van der Waals surface area contributed by atoms with Gasteiger partial charge in [-0.1, -0.05) is 125 Å². The van der Waals surface area contributed by atoms with Crippen molar-refractivity contribution in [3.63, 3.8) is 0 Å². The van der Waals surface area contributed by atoms with Crippen molar-refractivity contribution in [3.8, 4) is 0 Å². The smallest absolute Gasteiger partial charge is 0.0238 e. The van der Waals surface area contributed by atoms with Gasteiger partial charge in [0.25, 0.3) is 0 Å². The molecule has 0 aromatic heterocycles. The highest BCUT2D eigenvalue weighted by atomic mass is 14.0. The van der Waals surface area contributed by atoms with Crippen molar-refractivity contribution in [2.75, 3.05) is 0 Å². The molecule has 3 rings (SSSR count). The van der Waals surface area contributed by atoms with Crippen LogP contribution in [-0.4, -0.2) is 0 Å². The van der Waals surface area contributed by atoms with E-state index in [0.717, 1.165) is 25.7 Å². The SMILES string of the molecule is CC.CC.CC.Cc1ccc(CCc2ccc(CCc3ccc(C)cc3)cc2)cc1. The molecule has 0 heterocycles. The van der Waals surface area contributed by atoms with E-state index in [-0.39, 0.29) is 0 Å². The zero-order valence-electron chi connectivity index (χ0n) is 20.8. The fourth-order valence-corrected chi connectivity index (χ4v) is 2.96. The lowest BCUT2D eigenvalue weighted by molar-refractivity contribution is 0.939. The maximum atomic E-state index is 2.29. The van der Waals surface area contributed by atoms with E-state index in [4.69, 9.17) is 0 Å². The molecule has 0 bridgehead atoms. The molecule has 0 nitrogen and oxygen atoms in total. The van der Waals surface area contributed by atoms with Crippen molar-refractivity contribution < 1.29 is 0 Å². The second-order valence-electron chi connectivity index (χ2n) is 6.79. The molecule has 0 fully saturated rings. The first-order valence-electron chi connectivity index (χ1n) is 11.9. The lowest BCUT2D eigenvalue weighted by Gasteiger charge is -2.06. The maximum Gasteiger partial charge on any atom is -0.0238 e. The van der Waals surface area contributed by atoms with Crippen LogP contribution in [0.1, 0.15) is 74.9 Å². The summed E-state index contributed by atoms with van der Waals surface area (Å²) in [5.41, 5.74) is 8.35. The van der Waals surface area contributed by atoms with Crippen LogP contribution in [0.3, 0.4) is 0 Å². The highest BCUT2D eigenvalue weighted by Crippen LogP contribution is 2.13. The Bertz CT molecular complexity index is 678. The molecule has 0 amide bonds. The van der Waals surface area contributed by atoms with Crippen LogP contribution in [-0.2, 0) is 25.7 Å². The molecule has 0 atom stereocenters. The molecule has 0 aliphatic rings. The van der Waals surface area contributed by atoms with Gasteiger partial charge in [-0.05, 0) is 61.8 Å². The van der Waals surface area contributed by atoms with Gasteiger partial charge in [-0.3, -0.25) is 0 Å². The minimum absolute atomic E-state index is 1.11. The Morgan fingerprint density at radius 2 is 0.500 bits per heavy atom. The second kappa shape index (κ2) is 17.5. The van der Waals surface area contributed by atoms with E-state index in [1.54, 1.807) is 0 Å². The standard InChI is InChI=1S/C24H26.3C2H6/c1-19-3-7-21(8-4-19)11-13-23-15-17-24(18-16-23)14-12-22-9-5-20(2)6-10-22;3*1-2/h3-10,15-18H,11-14H2,1-2H3;3*1-2H3. The van der Waals surface area contributed by atoms with Gasteiger partial charge in [0.1, 0.15) is 0 Å². The Morgan fingerprint density at radius 3 is 0.700 bits per heavy atom. The predicted octanol–water partition coefficient (Wildman–Crippen LogP) is 8.95. The molecule has 0 radical (unpaired) electrons. The highest BCUT2D eigenvalue weighted by Gasteiger charge is 1.99. The van der Waals surface area contributed by atoms with Crippen LogP contribution >= 0.6 is 0 Å². The van der Waals surface area contributed by atoms with Crippen molar-refractivity contribution in [3.05, 3.63) is 106 Å². The Labute approximate surface area is 187 Å². The molecular weight excluding hydrogens is 360 g/mol. The van der Waals surface area contributed by atoms with Crippen LogP contribution < -0.4 is 0 Å². The van der Waals surface area contributed by atoms with Gasteiger partial charge in [0.05, 0.1) is 0 Å². The first-order valence-corrected chi connectivity index (χ1v) is 11.9. The third kappa shape index (κ3) is 11.0. The van der Waals surface area contributed by atoms with Crippen LogP contribution in [0.5, 0.6) is 0 Å². The van der Waals surface area contributed by atoms with Crippen molar-refractivity contribution in [2.24, 2.45) is 0 Å². The van der Waals surface area contributed by atoms with Crippen molar-refractivity contribution in [2.45, 2.75) is 81.1 Å². The van der Waals surface area contributed by atoms with Crippen molar-refractivity contribution in [1.29, 1.82) is 0 Å². The summed E-state index contributed by atoms with van der Waals surface area (Å²) < 4.78 is 0. The average molecular weight is 405 g/mol. The average Bonchev–Trinajstić information content (AvgIpc) is 2.83. The van der Waals surface area contributed by atoms with Crippen LogP contribution in [0, 0.1) is 13.8 Å². The van der Waals surface area contributed by atoms with E-state index in [1.165, 1.54) is 33.4 Å². The normalized spacial score (nSPS) is 9.20. The molecule has 164 valence electrons. The minimum Gasteiger partial charge on any atom is -0.0683 e. The number of benzene rings is 3. The van der Waals surface area contributed by atoms with E-state index in [2.05, 4.69) is 86.6 Å². The summed E-state index contributed by atoms with van der Waals surface area (Å²) in [7, 11) is 0. The number of hydrogen-bond donors (Lipinski definition) is 0. The lowest BCUT2D eigenvalue weighted by Crippen LogP contribution is -1.94. The van der Waals surface area contributed by atoms with Crippen molar-refractivity contribution in [1.82, 2.24) is 0 Å². The van der Waals surface area contributed by atoms with E-state index in [9.17, 15) is 0 Å². The van der Waals surface area contributed by atoms with Crippen molar-refractivity contribution >= 4 is 0 Å². The van der Waals surface area contributed by atoms with Crippen LogP contribution in [0.25, 0.3) is 0 Å². The van der Waals surface area contributed by atoms with Crippen LogP contribution in [0.2, 0.25) is 0 Å². The predicted molar refractivity (Wildman–Crippen MR) is 138 cm³/mol. The second-order valence-corrected chi connectivity index (χ2v) is 6.79. The molecular formula is C30H44. The largest absolute Gasteiger partial charge is 0.0683 e. The van der Waals surface area contributed by atoms with E-state index >= 15 is 0 Å². The first kappa shape index (κ1) is 27.7. The van der Waals surface area contributed by atoms with Crippen LogP contribution in [0.4, 0.5) is 0 Å². The summed E-state index contributed by atoms with van der Waals surface area (Å²) in [5, 5.41) is 0. The molecule has 0 spiro atoms. The van der Waals surface area contributed by atoms with E-state index in [0.29, 0.717) is 0 Å². The van der Waals surface area contributed by atoms with Gasteiger partial charge in [0, 0.05) is 0 Å². The molecule has 0 heteroatoms. The first-order chi connectivity index (χ1) is 14.7. The summed E-state index contributed by atoms with van der Waals surface area (Å²) in [6, 6.07) is 26.9. The quantitative estimate of drug-likeness (QED) is 0.384. The summed E-state index contributed by atoms with van der Waals surface area (Å²) in [4.78, 5) is 0. The molecule has 0 aliphatic carbocycles. The zero-order valence-corrected chi connectivity index (χ0v) is 20.8. The third-order valence-corrected chi connectivity index (χ3v) is 4.67. The Balaban J connectivity index is 0.00000129. The molecule has 0 saturated carbocycles. The molecule has 3 aromatic rings. The van der Waals surface area contributed by atoms with Gasteiger partial charge in [-0.25, -0.2) is 0 Å². The number of hydrogen-bond acceptors (Lipinski definition) is 0. The van der Waals surface area contributed by atoms with E-state index < -0.39 is 0 Å². The maximum absolute atomic E-state index is 2.29. The molecule has 0 saturated heterocycles. The summed E-state index contributed by atoms with van der Waals surface area (Å²) in [6.07, 6.45) is 4.45. The van der Waals surface area contributed by atoms with Gasteiger partial charge >= 0.3 is 0 Å². The number of aryl methyl sites for hydroxylation is 6. The summed E-state index contributed by atoms with van der Waals surface area (Å²) >= 11 is 0. The summed E-state index contributed by atoms with van der Waals surface area (Å²) in [5.74, 6) is 0. The van der Waals surface area contributed by atoms with Gasteiger partial charge < -0.3 is 0 Å². The Hall–Kier alpha value is -2.34. The minimum atomic E-state index is 1.11. The van der Waals surface area contributed by atoms with Gasteiger partial charge in [-0.2, -0.15) is 0 Å². The third-order valence-electron chi connectivity index (χ3n) is 4.67. The Kier molecular flexibility index (Phi) is 16.1. The monoisotopic (exact) mass is 404 g/mol. The van der Waals surface area contributed by atoms with E-state index in [1.807, 2.05) is 41.5 Å². The fourth-order valence-electron chi connectivity index (χ4n) is 2.96. The summed E-state index contributed by atoms with van der Waals surface area (Å²) in [6.45, 7) is 16.3. The van der Waals surface area contributed by atoms with Crippen LogP contribution in [0.15, 0.2) is 72.8 Å². The number of rotatable bonds is 6. The highest BCUT2D eigenvalue weighted by molar-refractivity contribution is 5.27. The molecule has 0 N–H and O–H groups in total. The lowest BCUT2D eigenvalue weighted by atomic mass is 10.00. The van der Waals surface area contributed by atoms with Gasteiger partial charge in [0.2, 0.25) is 0 Å². The molecule has 30 heavy (non-hydrogen) atoms. The fraction of sp³-hybridized carbons (Fsp3) is 0.400. The topological polar surface area (TPSA) is 0 Å². The Morgan fingerprint density at radius 1 is 0.333 bits per heavy atom.